The SMILES string of the molecule is NC[C@@H]1CN(CCn2cncn2)C[C@H]1c1ccccc1. The molecular formula is C15H21N5. The summed E-state index contributed by atoms with van der Waals surface area (Å²) in [6, 6.07) is 10.7. The topological polar surface area (TPSA) is 60.0 Å². The molecule has 1 fully saturated rings. The van der Waals surface area contributed by atoms with Crippen LogP contribution in [0.3, 0.4) is 0 Å². The van der Waals surface area contributed by atoms with Gasteiger partial charge in [0.15, 0.2) is 0 Å². The normalized spacial score (nSPS) is 23.2. The summed E-state index contributed by atoms with van der Waals surface area (Å²) in [4.78, 5) is 6.46. The fraction of sp³-hybridized carbons (Fsp3) is 0.467. The Morgan fingerprint density at radius 3 is 2.70 bits per heavy atom. The van der Waals surface area contributed by atoms with E-state index in [1.807, 2.05) is 4.68 Å². The quantitative estimate of drug-likeness (QED) is 0.879. The standard InChI is InChI=1S/C15H21N5/c16-8-14-9-19(6-7-20-12-17-11-18-20)10-15(14)13-4-2-1-3-5-13/h1-5,11-12,14-15H,6-10,16H2/t14-,15+/m1/s1. The Labute approximate surface area is 119 Å². The number of hydrogen-bond donors (Lipinski definition) is 1. The van der Waals surface area contributed by atoms with Crippen LogP contribution in [0.4, 0.5) is 0 Å². The monoisotopic (exact) mass is 271 g/mol. The molecule has 0 spiro atoms. The highest BCUT2D eigenvalue weighted by Crippen LogP contribution is 2.31. The predicted octanol–water partition coefficient (Wildman–Crippen LogP) is 0.952. The number of nitrogens with zero attached hydrogens (tertiary/aromatic N) is 4. The van der Waals surface area contributed by atoms with Gasteiger partial charge in [0, 0.05) is 25.6 Å². The van der Waals surface area contributed by atoms with Gasteiger partial charge in [-0.3, -0.25) is 4.68 Å². The maximum atomic E-state index is 5.96. The molecule has 1 aliphatic rings. The Bertz CT molecular complexity index is 510. The second-order valence-electron chi connectivity index (χ2n) is 5.43. The van der Waals surface area contributed by atoms with Gasteiger partial charge < -0.3 is 10.6 Å². The Kier molecular flexibility index (Phi) is 4.08. The molecule has 1 aromatic carbocycles. The number of rotatable bonds is 5. The minimum absolute atomic E-state index is 0.549. The van der Waals surface area contributed by atoms with Crippen LogP contribution in [0.1, 0.15) is 11.5 Å². The second-order valence-corrected chi connectivity index (χ2v) is 5.43. The zero-order valence-corrected chi connectivity index (χ0v) is 11.6. The summed E-state index contributed by atoms with van der Waals surface area (Å²) in [7, 11) is 0. The summed E-state index contributed by atoms with van der Waals surface area (Å²) < 4.78 is 1.88. The molecule has 2 aromatic rings. The van der Waals surface area contributed by atoms with Crippen molar-refractivity contribution in [3.05, 3.63) is 48.5 Å². The van der Waals surface area contributed by atoms with E-state index in [-0.39, 0.29) is 0 Å². The van der Waals surface area contributed by atoms with E-state index in [4.69, 9.17) is 5.73 Å². The van der Waals surface area contributed by atoms with Crippen molar-refractivity contribution in [1.82, 2.24) is 19.7 Å². The van der Waals surface area contributed by atoms with Gasteiger partial charge >= 0.3 is 0 Å². The molecule has 2 N–H and O–H groups in total. The molecule has 0 saturated carbocycles. The smallest absolute Gasteiger partial charge is 0.137 e. The molecule has 0 aliphatic carbocycles. The lowest BCUT2D eigenvalue weighted by Crippen LogP contribution is -2.26. The average Bonchev–Trinajstić information content (AvgIpc) is 3.15. The maximum absolute atomic E-state index is 5.96. The van der Waals surface area contributed by atoms with Crippen molar-refractivity contribution in [2.75, 3.05) is 26.2 Å². The Balaban J connectivity index is 1.62. The van der Waals surface area contributed by atoms with Crippen molar-refractivity contribution < 1.29 is 0 Å². The molecular weight excluding hydrogens is 250 g/mol. The molecule has 5 nitrogen and oxygen atoms in total. The van der Waals surface area contributed by atoms with Gasteiger partial charge in [0.2, 0.25) is 0 Å². The Morgan fingerprint density at radius 1 is 1.15 bits per heavy atom. The molecule has 5 heteroatoms. The van der Waals surface area contributed by atoms with Crippen LogP contribution in [-0.2, 0) is 6.54 Å². The molecule has 20 heavy (non-hydrogen) atoms. The van der Waals surface area contributed by atoms with E-state index in [1.54, 1.807) is 12.7 Å². The van der Waals surface area contributed by atoms with E-state index in [0.717, 1.165) is 32.7 Å². The van der Waals surface area contributed by atoms with Crippen LogP contribution in [0.25, 0.3) is 0 Å². The van der Waals surface area contributed by atoms with Crippen LogP contribution in [0.15, 0.2) is 43.0 Å². The number of nitrogens with two attached hydrogens (primary N) is 1. The summed E-state index contributed by atoms with van der Waals surface area (Å²) in [5.74, 6) is 1.10. The minimum atomic E-state index is 0.549. The average molecular weight is 271 g/mol. The van der Waals surface area contributed by atoms with Crippen molar-refractivity contribution in [3.63, 3.8) is 0 Å². The lowest BCUT2D eigenvalue weighted by Gasteiger charge is -2.16. The summed E-state index contributed by atoms with van der Waals surface area (Å²) >= 11 is 0. The molecule has 2 heterocycles. The van der Waals surface area contributed by atoms with Gasteiger partial charge in [-0.15, -0.1) is 0 Å². The number of benzene rings is 1. The summed E-state index contributed by atoms with van der Waals surface area (Å²) in [5, 5.41) is 4.15. The summed E-state index contributed by atoms with van der Waals surface area (Å²) in [6.07, 6.45) is 3.35. The van der Waals surface area contributed by atoms with E-state index in [1.165, 1.54) is 5.56 Å². The van der Waals surface area contributed by atoms with Gasteiger partial charge in [-0.05, 0) is 18.0 Å². The lowest BCUT2D eigenvalue weighted by molar-refractivity contribution is 0.303. The number of aromatic nitrogens is 3. The molecule has 0 unspecified atom stereocenters. The van der Waals surface area contributed by atoms with Crippen molar-refractivity contribution in [1.29, 1.82) is 0 Å². The largest absolute Gasteiger partial charge is 0.330 e. The highest BCUT2D eigenvalue weighted by Gasteiger charge is 2.32. The van der Waals surface area contributed by atoms with Gasteiger partial charge in [0.05, 0.1) is 6.54 Å². The molecule has 1 aromatic heterocycles. The van der Waals surface area contributed by atoms with Crippen LogP contribution < -0.4 is 5.73 Å². The van der Waals surface area contributed by atoms with Crippen molar-refractivity contribution >= 4 is 0 Å². The third-order valence-corrected chi connectivity index (χ3v) is 4.16. The van der Waals surface area contributed by atoms with E-state index in [0.29, 0.717) is 11.8 Å². The van der Waals surface area contributed by atoms with Gasteiger partial charge in [0.1, 0.15) is 12.7 Å². The van der Waals surface area contributed by atoms with Gasteiger partial charge in [-0.2, -0.15) is 5.10 Å². The first-order chi connectivity index (χ1) is 9.86. The third-order valence-electron chi connectivity index (χ3n) is 4.16. The first kappa shape index (κ1) is 13.3. The van der Waals surface area contributed by atoms with Crippen LogP contribution >= 0.6 is 0 Å². The molecule has 2 atom stereocenters. The molecule has 3 rings (SSSR count). The highest BCUT2D eigenvalue weighted by atomic mass is 15.3. The molecule has 0 amide bonds. The van der Waals surface area contributed by atoms with Crippen LogP contribution in [0.5, 0.6) is 0 Å². The fourth-order valence-corrected chi connectivity index (χ4v) is 3.05. The van der Waals surface area contributed by atoms with Gasteiger partial charge in [-0.1, -0.05) is 30.3 Å². The van der Waals surface area contributed by atoms with Crippen LogP contribution in [-0.4, -0.2) is 45.8 Å². The molecule has 1 saturated heterocycles. The summed E-state index contributed by atoms with van der Waals surface area (Å²) in [6.45, 7) is 4.80. The first-order valence-corrected chi connectivity index (χ1v) is 7.16. The molecule has 106 valence electrons. The van der Waals surface area contributed by atoms with Gasteiger partial charge in [0.25, 0.3) is 0 Å². The van der Waals surface area contributed by atoms with Crippen LogP contribution in [0.2, 0.25) is 0 Å². The van der Waals surface area contributed by atoms with E-state index < -0.39 is 0 Å². The summed E-state index contributed by atoms with van der Waals surface area (Å²) in [5.41, 5.74) is 7.37. The molecule has 0 radical (unpaired) electrons. The van der Waals surface area contributed by atoms with Crippen molar-refractivity contribution in [3.8, 4) is 0 Å². The highest BCUT2D eigenvalue weighted by molar-refractivity contribution is 5.22. The third kappa shape index (κ3) is 2.89. The fourth-order valence-electron chi connectivity index (χ4n) is 3.05. The van der Waals surface area contributed by atoms with Crippen LogP contribution in [0, 0.1) is 5.92 Å². The zero-order valence-electron chi connectivity index (χ0n) is 11.6. The van der Waals surface area contributed by atoms with E-state index in [9.17, 15) is 0 Å². The predicted molar refractivity (Wildman–Crippen MR) is 78.2 cm³/mol. The second kappa shape index (κ2) is 6.15. The number of hydrogen-bond acceptors (Lipinski definition) is 4. The maximum Gasteiger partial charge on any atom is 0.137 e. The first-order valence-electron chi connectivity index (χ1n) is 7.16. The van der Waals surface area contributed by atoms with E-state index in [2.05, 4.69) is 45.3 Å². The number of likely N-dealkylation sites (tertiary alicyclic amines) is 1. The van der Waals surface area contributed by atoms with E-state index >= 15 is 0 Å². The zero-order chi connectivity index (χ0) is 13.8. The molecule has 1 aliphatic heterocycles. The minimum Gasteiger partial charge on any atom is -0.330 e. The van der Waals surface area contributed by atoms with Crippen molar-refractivity contribution in [2.24, 2.45) is 11.7 Å². The van der Waals surface area contributed by atoms with Gasteiger partial charge in [-0.25, -0.2) is 4.98 Å². The Morgan fingerprint density at radius 2 is 2.00 bits per heavy atom. The van der Waals surface area contributed by atoms with Crippen molar-refractivity contribution in [2.45, 2.75) is 12.5 Å². The lowest BCUT2D eigenvalue weighted by atomic mass is 9.89. The Hall–Kier alpha value is -1.72. The molecule has 0 bridgehead atoms.